The average Bonchev–Trinajstić information content (AvgIpc) is 3.11. The molecule has 1 saturated carbocycles. The SMILES string of the molecule is CC(CNS(=O)(=O)c1ccc(CCNC2CC2)s1)N(C)C. The van der Waals surface area contributed by atoms with Gasteiger partial charge in [-0.15, -0.1) is 11.3 Å². The molecule has 1 fully saturated rings. The van der Waals surface area contributed by atoms with E-state index in [4.69, 9.17) is 0 Å². The normalized spacial score (nSPS) is 17.3. The third-order valence-electron chi connectivity index (χ3n) is 3.73. The second-order valence-corrected chi connectivity index (χ2v) is 9.03. The van der Waals surface area contributed by atoms with E-state index in [-0.39, 0.29) is 6.04 Å². The van der Waals surface area contributed by atoms with E-state index < -0.39 is 10.0 Å². The Morgan fingerprint density at radius 2 is 2.10 bits per heavy atom. The highest BCUT2D eigenvalue weighted by molar-refractivity contribution is 7.91. The van der Waals surface area contributed by atoms with Gasteiger partial charge in [0.15, 0.2) is 0 Å². The van der Waals surface area contributed by atoms with Crippen molar-refractivity contribution in [1.82, 2.24) is 14.9 Å². The highest BCUT2D eigenvalue weighted by atomic mass is 32.2. The molecule has 1 aliphatic carbocycles. The van der Waals surface area contributed by atoms with Crippen molar-refractivity contribution < 1.29 is 8.42 Å². The Kier molecular flexibility index (Phi) is 5.79. The van der Waals surface area contributed by atoms with Crippen molar-refractivity contribution >= 4 is 21.4 Å². The first-order chi connectivity index (χ1) is 9.88. The zero-order valence-electron chi connectivity index (χ0n) is 12.9. The van der Waals surface area contributed by atoms with Crippen LogP contribution in [0.25, 0.3) is 0 Å². The van der Waals surface area contributed by atoms with Crippen LogP contribution in [0.5, 0.6) is 0 Å². The maximum Gasteiger partial charge on any atom is 0.250 e. The van der Waals surface area contributed by atoms with Crippen LogP contribution in [-0.4, -0.2) is 52.6 Å². The van der Waals surface area contributed by atoms with Crippen LogP contribution in [0.2, 0.25) is 0 Å². The zero-order chi connectivity index (χ0) is 15.5. The lowest BCUT2D eigenvalue weighted by atomic mass is 10.3. The summed E-state index contributed by atoms with van der Waals surface area (Å²) in [7, 11) is 0.504. The molecule has 1 unspecified atom stereocenters. The van der Waals surface area contributed by atoms with Crippen LogP contribution < -0.4 is 10.0 Å². The molecule has 0 aliphatic heterocycles. The van der Waals surface area contributed by atoms with Crippen LogP contribution >= 0.6 is 11.3 Å². The molecule has 0 saturated heterocycles. The van der Waals surface area contributed by atoms with E-state index in [1.807, 2.05) is 32.0 Å². The highest BCUT2D eigenvalue weighted by Crippen LogP contribution is 2.22. The van der Waals surface area contributed by atoms with Crippen LogP contribution in [0.4, 0.5) is 0 Å². The molecule has 2 rings (SSSR count). The molecule has 5 nitrogen and oxygen atoms in total. The van der Waals surface area contributed by atoms with Crippen molar-refractivity contribution in [2.75, 3.05) is 27.2 Å². The van der Waals surface area contributed by atoms with Crippen LogP contribution in [0.15, 0.2) is 16.3 Å². The van der Waals surface area contributed by atoms with Gasteiger partial charge in [-0.3, -0.25) is 0 Å². The van der Waals surface area contributed by atoms with E-state index in [2.05, 4.69) is 10.0 Å². The molecule has 1 atom stereocenters. The first-order valence-electron chi connectivity index (χ1n) is 7.36. The van der Waals surface area contributed by atoms with E-state index in [0.717, 1.165) is 17.8 Å². The fourth-order valence-electron chi connectivity index (χ4n) is 1.81. The molecular weight excluding hydrogens is 306 g/mol. The summed E-state index contributed by atoms with van der Waals surface area (Å²) in [4.78, 5) is 3.11. The van der Waals surface area contributed by atoms with E-state index in [1.54, 1.807) is 6.07 Å². The number of hydrogen-bond acceptors (Lipinski definition) is 5. The van der Waals surface area contributed by atoms with Gasteiger partial charge in [-0.25, -0.2) is 13.1 Å². The molecular formula is C14H25N3O2S2. The number of nitrogens with zero attached hydrogens (tertiary/aromatic N) is 1. The molecule has 1 aliphatic rings. The molecule has 0 spiro atoms. The van der Waals surface area contributed by atoms with Crippen molar-refractivity contribution in [3.05, 3.63) is 17.0 Å². The van der Waals surface area contributed by atoms with Gasteiger partial charge < -0.3 is 10.2 Å². The van der Waals surface area contributed by atoms with Crippen LogP contribution in [0.3, 0.4) is 0 Å². The van der Waals surface area contributed by atoms with E-state index in [1.165, 1.54) is 24.2 Å². The molecule has 2 N–H and O–H groups in total. The van der Waals surface area contributed by atoms with E-state index in [9.17, 15) is 8.42 Å². The van der Waals surface area contributed by atoms with Gasteiger partial charge in [-0.2, -0.15) is 0 Å². The second-order valence-electron chi connectivity index (χ2n) is 5.86. The van der Waals surface area contributed by atoms with Crippen LogP contribution in [-0.2, 0) is 16.4 Å². The maximum atomic E-state index is 12.2. The minimum atomic E-state index is -3.38. The molecule has 0 amide bonds. The highest BCUT2D eigenvalue weighted by Gasteiger charge is 2.21. The molecule has 0 aromatic carbocycles. The second kappa shape index (κ2) is 7.19. The zero-order valence-corrected chi connectivity index (χ0v) is 14.6. The monoisotopic (exact) mass is 331 g/mol. The van der Waals surface area contributed by atoms with Gasteiger partial charge in [0.2, 0.25) is 10.0 Å². The molecule has 21 heavy (non-hydrogen) atoms. The molecule has 120 valence electrons. The molecule has 1 aromatic heterocycles. The van der Waals surface area contributed by atoms with Gasteiger partial charge in [0.05, 0.1) is 0 Å². The average molecular weight is 332 g/mol. The maximum absolute atomic E-state index is 12.2. The summed E-state index contributed by atoms with van der Waals surface area (Å²) >= 11 is 1.37. The van der Waals surface area contributed by atoms with Gasteiger partial charge in [0.25, 0.3) is 0 Å². The third kappa shape index (κ3) is 5.34. The Morgan fingerprint density at radius 3 is 2.71 bits per heavy atom. The minimum absolute atomic E-state index is 0.168. The topological polar surface area (TPSA) is 61.4 Å². The first kappa shape index (κ1) is 16.9. The fraction of sp³-hybridized carbons (Fsp3) is 0.714. The fourth-order valence-corrected chi connectivity index (χ4v) is 4.33. The number of sulfonamides is 1. The van der Waals surface area contributed by atoms with Crippen molar-refractivity contribution in [3.8, 4) is 0 Å². The van der Waals surface area contributed by atoms with Gasteiger partial charge in [0, 0.05) is 30.1 Å². The first-order valence-corrected chi connectivity index (χ1v) is 9.66. The van der Waals surface area contributed by atoms with Gasteiger partial charge >= 0.3 is 0 Å². The summed E-state index contributed by atoms with van der Waals surface area (Å²) in [6.07, 6.45) is 3.45. The number of likely N-dealkylation sites (N-methyl/N-ethyl adjacent to an activating group) is 1. The smallest absolute Gasteiger partial charge is 0.250 e. The molecule has 0 bridgehead atoms. The van der Waals surface area contributed by atoms with E-state index >= 15 is 0 Å². The van der Waals surface area contributed by atoms with E-state index in [0.29, 0.717) is 16.8 Å². The Balaban J connectivity index is 1.85. The molecule has 0 radical (unpaired) electrons. The Bertz CT molecular complexity index is 550. The number of nitrogens with one attached hydrogen (secondary N) is 2. The predicted molar refractivity (Wildman–Crippen MR) is 87.4 cm³/mol. The number of hydrogen-bond donors (Lipinski definition) is 2. The largest absolute Gasteiger partial charge is 0.314 e. The molecule has 1 heterocycles. The number of rotatable bonds is 9. The predicted octanol–water partition coefficient (Wildman–Crippen LogP) is 1.27. The summed E-state index contributed by atoms with van der Waals surface area (Å²) in [6, 6.07) is 4.49. The van der Waals surface area contributed by atoms with Crippen molar-refractivity contribution in [2.45, 2.75) is 42.5 Å². The standard InChI is InChI=1S/C14H25N3O2S2/c1-11(17(2)3)10-16-21(18,19)14-7-6-13(20-14)8-9-15-12-4-5-12/h6-7,11-12,15-16H,4-5,8-10H2,1-3H3. The van der Waals surface area contributed by atoms with Gasteiger partial charge in [-0.1, -0.05) is 0 Å². The molecule has 7 heteroatoms. The van der Waals surface area contributed by atoms with Gasteiger partial charge in [0.1, 0.15) is 4.21 Å². The molecule has 1 aromatic rings. The summed E-state index contributed by atoms with van der Waals surface area (Å²) in [6.45, 7) is 3.34. The third-order valence-corrected chi connectivity index (χ3v) is 6.79. The van der Waals surface area contributed by atoms with Crippen molar-refractivity contribution in [2.24, 2.45) is 0 Å². The number of thiophene rings is 1. The quantitative estimate of drug-likeness (QED) is 0.715. The van der Waals surface area contributed by atoms with Crippen LogP contribution in [0, 0.1) is 0 Å². The lowest BCUT2D eigenvalue weighted by Gasteiger charge is -2.19. The summed E-state index contributed by atoms with van der Waals surface area (Å²) in [5.41, 5.74) is 0. The Morgan fingerprint density at radius 1 is 1.38 bits per heavy atom. The van der Waals surface area contributed by atoms with Crippen LogP contribution in [0.1, 0.15) is 24.6 Å². The summed E-state index contributed by atoms with van der Waals surface area (Å²) in [5.74, 6) is 0. The minimum Gasteiger partial charge on any atom is -0.314 e. The Labute approximate surface area is 131 Å². The summed E-state index contributed by atoms with van der Waals surface area (Å²) < 4.78 is 27.6. The van der Waals surface area contributed by atoms with Gasteiger partial charge in [-0.05, 0) is 52.4 Å². The van der Waals surface area contributed by atoms with Crippen molar-refractivity contribution in [1.29, 1.82) is 0 Å². The Hall–Kier alpha value is -0.470. The van der Waals surface area contributed by atoms with Crippen molar-refractivity contribution in [3.63, 3.8) is 0 Å². The lowest BCUT2D eigenvalue weighted by molar-refractivity contribution is 0.314. The summed E-state index contributed by atoms with van der Waals surface area (Å²) in [5, 5.41) is 3.44. The lowest BCUT2D eigenvalue weighted by Crippen LogP contribution is -2.37.